The second-order valence-electron chi connectivity index (χ2n) is 14.6. The molecule has 2 aliphatic heterocycles. The van der Waals surface area contributed by atoms with Crippen LogP contribution in [0.15, 0.2) is 60.3 Å². The van der Waals surface area contributed by atoms with Gasteiger partial charge in [0.1, 0.15) is 23.0 Å². The lowest BCUT2D eigenvalue weighted by atomic mass is 10.1. The van der Waals surface area contributed by atoms with Crippen LogP contribution in [-0.4, -0.2) is 99.8 Å². The molecule has 12 nitrogen and oxygen atoms in total. The summed E-state index contributed by atoms with van der Waals surface area (Å²) in [6, 6.07) is 15.8. The minimum Gasteiger partial charge on any atom is -0.495 e. The first-order valence-corrected chi connectivity index (χ1v) is 18.1. The molecule has 2 aliphatic rings. The molecule has 3 aromatic carbocycles. The number of benzene rings is 3. The van der Waals surface area contributed by atoms with Gasteiger partial charge in [0.2, 0.25) is 0 Å². The Kier molecular flexibility index (Phi) is 12.5. The first kappa shape index (κ1) is 38.9. The van der Waals surface area contributed by atoms with Crippen molar-refractivity contribution in [2.45, 2.75) is 59.0 Å². The van der Waals surface area contributed by atoms with Crippen LogP contribution < -0.4 is 24.6 Å². The summed E-state index contributed by atoms with van der Waals surface area (Å²) in [5.74, 6) is 2.37. The number of fused-ring (bicyclic) bond motifs is 1. The van der Waals surface area contributed by atoms with E-state index in [0.717, 1.165) is 55.8 Å². The molecule has 0 bridgehead atoms. The molecule has 3 amide bonds. The zero-order valence-electron chi connectivity index (χ0n) is 31.9. The molecule has 2 heterocycles. The smallest absolute Gasteiger partial charge is 0.414 e. The Bertz CT molecular complexity index is 1870. The van der Waals surface area contributed by atoms with Crippen LogP contribution in [0.2, 0.25) is 0 Å². The van der Waals surface area contributed by atoms with E-state index in [1.54, 1.807) is 42.3 Å². The van der Waals surface area contributed by atoms with E-state index in [1.165, 1.54) is 12.0 Å². The predicted octanol–water partition coefficient (Wildman–Crippen LogP) is 6.34. The molecular weight excluding hydrogens is 674 g/mol. The van der Waals surface area contributed by atoms with Crippen LogP contribution in [0, 0.1) is 6.92 Å². The highest BCUT2D eigenvalue weighted by atomic mass is 16.6. The quantitative estimate of drug-likeness (QED) is 0.168. The minimum atomic E-state index is -0.642. The summed E-state index contributed by atoms with van der Waals surface area (Å²) in [4.78, 5) is 59.1. The van der Waals surface area contributed by atoms with E-state index in [1.807, 2.05) is 52.0 Å². The number of amides is 3. The Morgan fingerprint density at radius 2 is 1.64 bits per heavy atom. The second-order valence-corrected chi connectivity index (χ2v) is 14.6. The van der Waals surface area contributed by atoms with Gasteiger partial charge in [-0.3, -0.25) is 14.5 Å². The molecule has 0 aliphatic carbocycles. The number of rotatable bonds is 12. The van der Waals surface area contributed by atoms with E-state index in [9.17, 15) is 19.2 Å². The highest BCUT2D eigenvalue weighted by Gasteiger charge is 2.30. The van der Waals surface area contributed by atoms with Gasteiger partial charge >= 0.3 is 6.09 Å². The molecule has 53 heavy (non-hydrogen) atoms. The summed E-state index contributed by atoms with van der Waals surface area (Å²) < 4.78 is 17.4. The lowest BCUT2D eigenvalue weighted by Gasteiger charge is -2.34. The lowest BCUT2D eigenvalue weighted by molar-refractivity contribution is 0.0583. The SMILES string of the molecule is COc1cc(C(=O)N(C)c2ccc(C)cc2OCCCCC(=C=O)N2CCN(C)CC2)ccc1NC(=O)c1ccc2c(c1)N(C(=O)OC(C)(C)C)CC2. The molecule has 1 saturated heterocycles. The molecule has 0 unspecified atom stereocenters. The number of unbranched alkanes of at least 4 members (excludes halogenated alkanes) is 1. The Labute approximate surface area is 312 Å². The Morgan fingerprint density at radius 1 is 0.906 bits per heavy atom. The van der Waals surface area contributed by atoms with Crippen molar-refractivity contribution in [3.05, 3.63) is 82.5 Å². The minimum absolute atomic E-state index is 0.288. The molecule has 0 atom stereocenters. The van der Waals surface area contributed by atoms with Crippen molar-refractivity contribution < 1.29 is 33.4 Å². The van der Waals surface area contributed by atoms with Gasteiger partial charge < -0.3 is 34.2 Å². The molecule has 1 fully saturated rings. The van der Waals surface area contributed by atoms with E-state index >= 15 is 0 Å². The second kappa shape index (κ2) is 17.0. The number of hydrogen-bond acceptors (Lipinski definition) is 9. The third kappa shape index (κ3) is 9.77. The van der Waals surface area contributed by atoms with Crippen molar-refractivity contribution in [2.75, 3.05) is 75.7 Å². The van der Waals surface area contributed by atoms with E-state index in [2.05, 4.69) is 28.1 Å². The molecule has 5 rings (SSSR count). The number of nitrogens with one attached hydrogen (secondary N) is 1. The normalized spacial score (nSPS) is 14.2. The van der Waals surface area contributed by atoms with Crippen LogP contribution >= 0.6 is 0 Å². The number of likely N-dealkylation sites (N-methyl/N-ethyl adjacent to an activating group) is 1. The highest BCUT2D eigenvalue weighted by molar-refractivity contribution is 6.09. The van der Waals surface area contributed by atoms with Gasteiger partial charge in [-0.05, 0) is 114 Å². The van der Waals surface area contributed by atoms with Gasteiger partial charge in [-0.1, -0.05) is 12.1 Å². The summed E-state index contributed by atoms with van der Waals surface area (Å²) in [6.07, 6.45) is 2.38. The predicted molar refractivity (Wildman–Crippen MR) is 206 cm³/mol. The first-order valence-electron chi connectivity index (χ1n) is 18.1. The van der Waals surface area contributed by atoms with Crippen molar-refractivity contribution in [3.8, 4) is 11.5 Å². The molecule has 0 radical (unpaired) electrons. The molecule has 0 saturated carbocycles. The first-order chi connectivity index (χ1) is 25.3. The summed E-state index contributed by atoms with van der Waals surface area (Å²) in [5.41, 5.74) is 4.40. The third-order valence-corrected chi connectivity index (χ3v) is 9.40. The number of carbonyl (C=O) groups is 3. The maximum absolute atomic E-state index is 13.8. The largest absolute Gasteiger partial charge is 0.495 e. The van der Waals surface area contributed by atoms with Crippen LogP contribution in [-0.2, 0) is 16.0 Å². The number of aryl methyl sites for hydroxylation is 1. The van der Waals surface area contributed by atoms with Crippen LogP contribution in [0.3, 0.4) is 0 Å². The maximum atomic E-state index is 13.8. The molecule has 0 spiro atoms. The highest BCUT2D eigenvalue weighted by Crippen LogP contribution is 2.34. The number of allylic oxidation sites excluding steroid dienone is 1. The molecule has 12 heteroatoms. The molecular formula is C41H51N5O7. The van der Waals surface area contributed by atoms with E-state index in [-0.39, 0.29) is 5.91 Å². The van der Waals surface area contributed by atoms with Gasteiger partial charge in [0.05, 0.1) is 36.5 Å². The number of ether oxygens (including phenoxy) is 3. The van der Waals surface area contributed by atoms with Crippen LogP contribution in [0.25, 0.3) is 0 Å². The molecule has 1 N–H and O–H groups in total. The monoisotopic (exact) mass is 725 g/mol. The number of carbonyl (C=O) groups excluding carboxylic acids is 4. The molecule has 0 aromatic heterocycles. The van der Waals surface area contributed by atoms with Gasteiger partial charge in [-0.25, -0.2) is 9.59 Å². The van der Waals surface area contributed by atoms with E-state index in [0.29, 0.717) is 65.7 Å². The van der Waals surface area contributed by atoms with Crippen molar-refractivity contribution >= 4 is 40.9 Å². The van der Waals surface area contributed by atoms with Gasteiger partial charge in [0, 0.05) is 50.9 Å². The summed E-state index contributed by atoms with van der Waals surface area (Å²) in [7, 11) is 5.25. The van der Waals surface area contributed by atoms with E-state index in [4.69, 9.17) is 14.2 Å². The maximum Gasteiger partial charge on any atom is 0.414 e. The zero-order chi connectivity index (χ0) is 38.3. The summed E-state index contributed by atoms with van der Waals surface area (Å²) in [5, 5.41) is 2.89. The van der Waals surface area contributed by atoms with Crippen LogP contribution in [0.4, 0.5) is 21.9 Å². The summed E-state index contributed by atoms with van der Waals surface area (Å²) in [6.45, 7) is 11.8. The Hall–Kier alpha value is -5.32. The average molecular weight is 726 g/mol. The molecule has 282 valence electrons. The number of piperazine rings is 1. The van der Waals surface area contributed by atoms with Crippen molar-refractivity contribution in [2.24, 2.45) is 0 Å². The fourth-order valence-electron chi connectivity index (χ4n) is 6.39. The fourth-order valence-corrected chi connectivity index (χ4v) is 6.39. The van der Waals surface area contributed by atoms with Crippen LogP contribution in [0.5, 0.6) is 11.5 Å². The molecule has 3 aromatic rings. The van der Waals surface area contributed by atoms with Gasteiger partial charge in [0.15, 0.2) is 0 Å². The standard InChI is InChI=1S/C41H51N5O7/c1-28-11-16-34(37(24-28)52-23-9-8-10-32(27-47)45-21-19-43(5)20-22-45)44(6)39(49)31-14-15-33(36(26-31)51-7)42-38(48)30-13-12-29-17-18-46(35(29)25-30)40(50)53-41(2,3)4/h11-16,24-26H,8-10,17-23H2,1-7H3,(H,42,48). The topological polar surface area (TPSA) is 121 Å². The van der Waals surface area contributed by atoms with Gasteiger partial charge in [0.25, 0.3) is 11.8 Å². The lowest BCUT2D eigenvalue weighted by Crippen LogP contribution is -2.44. The average Bonchev–Trinajstić information content (AvgIpc) is 3.56. The van der Waals surface area contributed by atoms with E-state index < -0.39 is 17.6 Å². The number of methoxy groups -OCH3 is 1. The Balaban J connectivity index is 1.22. The van der Waals surface area contributed by atoms with Crippen molar-refractivity contribution in [1.29, 1.82) is 0 Å². The van der Waals surface area contributed by atoms with Crippen molar-refractivity contribution in [3.63, 3.8) is 0 Å². The third-order valence-electron chi connectivity index (χ3n) is 9.40. The number of nitrogens with zero attached hydrogens (tertiary/aromatic N) is 4. The number of hydrogen-bond donors (Lipinski definition) is 1. The van der Waals surface area contributed by atoms with Gasteiger partial charge in [-0.15, -0.1) is 0 Å². The zero-order valence-corrected chi connectivity index (χ0v) is 31.9. The van der Waals surface area contributed by atoms with Crippen LogP contribution in [0.1, 0.15) is 71.9 Å². The fraction of sp³-hybridized carbons (Fsp3) is 0.439. The van der Waals surface area contributed by atoms with Crippen molar-refractivity contribution in [1.82, 2.24) is 9.80 Å². The number of anilines is 3. The summed E-state index contributed by atoms with van der Waals surface area (Å²) >= 11 is 0. The Morgan fingerprint density at radius 3 is 2.34 bits per heavy atom. The van der Waals surface area contributed by atoms with Gasteiger partial charge in [-0.2, -0.15) is 0 Å².